The van der Waals surface area contributed by atoms with Crippen molar-refractivity contribution in [1.29, 1.82) is 0 Å². The third kappa shape index (κ3) is 2.55. The molecule has 0 radical (unpaired) electrons. The van der Waals surface area contributed by atoms with Crippen molar-refractivity contribution < 1.29 is 8.42 Å². The highest BCUT2D eigenvalue weighted by Gasteiger charge is 2.47. The molecule has 0 aromatic heterocycles. The molecule has 1 aliphatic rings. The monoisotopic (exact) mass is 270 g/mol. The first kappa shape index (κ1) is 11.2. The van der Waals surface area contributed by atoms with Gasteiger partial charge in [-0.25, -0.2) is 8.42 Å². The number of sulfone groups is 1. The maximum Gasteiger partial charge on any atom is 0.195 e. The van der Waals surface area contributed by atoms with E-state index < -0.39 is 24.9 Å². The molecule has 0 N–H and O–H groups in total. The van der Waals surface area contributed by atoms with E-state index in [1.807, 2.05) is 0 Å². The van der Waals surface area contributed by atoms with Crippen LogP contribution in [-0.2, 0) is 9.84 Å². The topological polar surface area (TPSA) is 34.1 Å². The Morgan fingerprint density at radius 3 is 1.83 bits per heavy atom. The number of rotatable bonds is 0. The van der Waals surface area contributed by atoms with Gasteiger partial charge in [-0.05, 0) is 0 Å². The highest BCUT2D eigenvalue weighted by molar-refractivity contribution is 7.91. The summed E-state index contributed by atoms with van der Waals surface area (Å²) in [6, 6.07) is 0. The number of hydrogen-bond acceptors (Lipinski definition) is 2. The third-order valence-electron chi connectivity index (χ3n) is 1.70. The fraction of sp³-hybridized carbons (Fsp3) is 1.00. The molecule has 0 unspecified atom stereocenters. The van der Waals surface area contributed by atoms with Crippen LogP contribution in [0.5, 0.6) is 0 Å². The van der Waals surface area contributed by atoms with Crippen LogP contribution in [-0.4, -0.2) is 29.1 Å². The second kappa shape index (κ2) is 3.35. The fourth-order valence-electron chi connectivity index (χ4n) is 1.10. The Kier molecular flexibility index (Phi) is 3.13. The highest BCUT2D eigenvalue weighted by Crippen LogP contribution is 2.42. The smallest absolute Gasteiger partial charge is 0.195 e. The Hall–Kier alpha value is 1.11. The van der Waals surface area contributed by atoms with Crippen LogP contribution >= 0.6 is 46.4 Å². The largest absolute Gasteiger partial charge is 0.229 e. The van der Waals surface area contributed by atoms with E-state index >= 15 is 0 Å². The van der Waals surface area contributed by atoms with Gasteiger partial charge in [0.15, 0.2) is 13.6 Å². The van der Waals surface area contributed by atoms with Crippen molar-refractivity contribution in [3.05, 3.63) is 0 Å². The number of alkyl halides is 4. The fourth-order valence-corrected chi connectivity index (χ4v) is 5.10. The molecular weight excluding hydrogens is 266 g/mol. The SMILES string of the molecule is O=S1(=O)C[C@@H](C(Cl)(Cl)Cl)[C@@H](Cl)C1. The van der Waals surface area contributed by atoms with E-state index in [-0.39, 0.29) is 11.5 Å². The van der Waals surface area contributed by atoms with E-state index in [9.17, 15) is 8.42 Å². The zero-order valence-electron chi connectivity index (χ0n) is 5.81. The van der Waals surface area contributed by atoms with E-state index in [1.165, 1.54) is 0 Å². The molecule has 1 heterocycles. The molecule has 1 aliphatic heterocycles. The molecule has 0 spiro atoms. The Balaban J connectivity index is 2.85. The van der Waals surface area contributed by atoms with E-state index in [0.717, 1.165) is 0 Å². The minimum Gasteiger partial charge on any atom is -0.229 e. The van der Waals surface area contributed by atoms with Crippen molar-refractivity contribution >= 4 is 56.2 Å². The zero-order chi connectivity index (χ0) is 9.57. The lowest BCUT2D eigenvalue weighted by Crippen LogP contribution is -2.26. The standard InChI is InChI=1S/C5H6Cl4O2S/c6-4-2-12(10,11)1-3(4)5(7,8)9/h3-4H,1-2H2/t3-,4+/m1/s1. The molecule has 1 saturated heterocycles. The van der Waals surface area contributed by atoms with Crippen molar-refractivity contribution in [3.63, 3.8) is 0 Å². The van der Waals surface area contributed by atoms with E-state index in [2.05, 4.69) is 0 Å². The van der Waals surface area contributed by atoms with Gasteiger partial charge >= 0.3 is 0 Å². The summed E-state index contributed by atoms with van der Waals surface area (Å²) in [4.78, 5) is 0. The van der Waals surface area contributed by atoms with Crippen LogP contribution in [0.15, 0.2) is 0 Å². The number of hydrogen-bond donors (Lipinski definition) is 0. The average molecular weight is 272 g/mol. The van der Waals surface area contributed by atoms with Crippen LogP contribution in [0.4, 0.5) is 0 Å². The van der Waals surface area contributed by atoms with E-state index in [0.29, 0.717) is 0 Å². The quantitative estimate of drug-likeness (QED) is 0.632. The minimum atomic E-state index is -3.11. The molecule has 0 bridgehead atoms. The Bertz CT molecular complexity index is 268. The second-order valence-corrected chi connectivity index (χ2v) is 7.82. The van der Waals surface area contributed by atoms with Crippen LogP contribution < -0.4 is 0 Å². The summed E-state index contributed by atoms with van der Waals surface area (Å²) in [5, 5.41) is -0.595. The molecule has 0 amide bonds. The van der Waals surface area contributed by atoms with Crippen LogP contribution in [0.2, 0.25) is 0 Å². The molecule has 2 nitrogen and oxygen atoms in total. The molecule has 7 heteroatoms. The molecule has 1 rings (SSSR count). The first-order chi connectivity index (χ1) is 5.22. The summed E-state index contributed by atoms with van der Waals surface area (Å²) in [5.74, 6) is -0.848. The van der Waals surface area contributed by atoms with Gasteiger partial charge in [0.05, 0.1) is 16.9 Å². The van der Waals surface area contributed by atoms with Crippen molar-refractivity contribution in [2.45, 2.75) is 9.17 Å². The lowest BCUT2D eigenvalue weighted by atomic mass is 10.1. The Morgan fingerprint density at radius 1 is 1.17 bits per heavy atom. The van der Waals surface area contributed by atoms with Crippen LogP contribution in [0, 0.1) is 5.92 Å². The van der Waals surface area contributed by atoms with Crippen LogP contribution in [0.25, 0.3) is 0 Å². The predicted octanol–water partition coefficient (Wildman–Crippen LogP) is 2.01. The molecule has 1 fully saturated rings. The van der Waals surface area contributed by atoms with Gasteiger partial charge in [-0.1, -0.05) is 34.8 Å². The summed E-state index contributed by atoms with van der Waals surface area (Å²) in [6.45, 7) is 0. The van der Waals surface area contributed by atoms with Gasteiger partial charge in [-0.2, -0.15) is 0 Å². The number of halogens is 4. The predicted molar refractivity (Wildman–Crippen MR) is 52.1 cm³/mol. The van der Waals surface area contributed by atoms with Gasteiger partial charge in [0.25, 0.3) is 0 Å². The van der Waals surface area contributed by atoms with Crippen LogP contribution in [0.3, 0.4) is 0 Å². The van der Waals surface area contributed by atoms with Gasteiger partial charge in [0.2, 0.25) is 0 Å². The van der Waals surface area contributed by atoms with Gasteiger partial charge in [-0.3, -0.25) is 0 Å². The maximum absolute atomic E-state index is 11.0. The lowest BCUT2D eigenvalue weighted by molar-refractivity contribution is 0.593. The first-order valence-electron chi connectivity index (χ1n) is 3.13. The van der Waals surface area contributed by atoms with E-state index in [1.54, 1.807) is 0 Å². The summed E-state index contributed by atoms with van der Waals surface area (Å²) in [7, 11) is -3.11. The van der Waals surface area contributed by atoms with E-state index in [4.69, 9.17) is 46.4 Å². The molecule has 0 saturated carbocycles. The van der Waals surface area contributed by atoms with Gasteiger partial charge in [0.1, 0.15) is 0 Å². The molecule has 2 atom stereocenters. The molecule has 72 valence electrons. The average Bonchev–Trinajstić information content (AvgIpc) is 2.03. The third-order valence-corrected chi connectivity index (χ3v) is 4.92. The summed E-state index contributed by atoms with van der Waals surface area (Å²) in [5.41, 5.74) is 0. The zero-order valence-corrected chi connectivity index (χ0v) is 9.65. The first-order valence-corrected chi connectivity index (χ1v) is 6.53. The van der Waals surface area contributed by atoms with Gasteiger partial charge < -0.3 is 0 Å². The molecule has 0 aromatic carbocycles. The van der Waals surface area contributed by atoms with Crippen molar-refractivity contribution in [1.82, 2.24) is 0 Å². The summed E-state index contributed by atoms with van der Waals surface area (Å²) in [6.07, 6.45) is 0. The van der Waals surface area contributed by atoms with Crippen molar-refractivity contribution in [3.8, 4) is 0 Å². The summed E-state index contributed by atoms with van der Waals surface area (Å²) >= 11 is 22.3. The molecule has 0 aliphatic carbocycles. The second-order valence-electron chi connectivity index (χ2n) is 2.74. The van der Waals surface area contributed by atoms with Gasteiger partial charge in [-0.15, -0.1) is 11.6 Å². The molecular formula is C5H6Cl4O2S. The molecule has 12 heavy (non-hydrogen) atoms. The van der Waals surface area contributed by atoms with Crippen LogP contribution in [0.1, 0.15) is 0 Å². The Morgan fingerprint density at radius 2 is 1.67 bits per heavy atom. The lowest BCUT2D eigenvalue weighted by Gasteiger charge is -2.20. The molecule has 0 aromatic rings. The summed E-state index contributed by atoms with van der Waals surface area (Å²) < 4.78 is 20.5. The van der Waals surface area contributed by atoms with Crippen molar-refractivity contribution in [2.24, 2.45) is 5.92 Å². The van der Waals surface area contributed by atoms with Crippen molar-refractivity contribution in [2.75, 3.05) is 11.5 Å². The Labute approximate surface area is 91.0 Å². The van der Waals surface area contributed by atoms with Gasteiger partial charge in [0, 0.05) is 5.92 Å². The highest BCUT2D eigenvalue weighted by atomic mass is 35.6. The minimum absolute atomic E-state index is 0.104. The maximum atomic E-state index is 11.0. The normalized spacial score (nSPS) is 35.3.